The Hall–Kier alpha value is -0.0400. The van der Waals surface area contributed by atoms with Gasteiger partial charge in [-0.15, -0.1) is 0 Å². The molecule has 1 aliphatic rings. The SMILES string of the molecule is CCCCCCCCC1(CCC)CNC1. The molecule has 1 heterocycles. The molecule has 1 nitrogen and oxygen atoms in total. The van der Waals surface area contributed by atoms with Crippen molar-refractivity contribution in [2.24, 2.45) is 5.41 Å². The number of rotatable bonds is 9. The molecule has 0 aromatic carbocycles. The average molecular weight is 211 g/mol. The first kappa shape index (κ1) is 13.0. The van der Waals surface area contributed by atoms with Crippen LogP contribution in [0, 0.1) is 5.41 Å². The maximum atomic E-state index is 3.45. The average Bonchev–Trinajstić information content (AvgIpc) is 2.19. The van der Waals surface area contributed by atoms with Crippen LogP contribution >= 0.6 is 0 Å². The summed E-state index contributed by atoms with van der Waals surface area (Å²) in [6, 6.07) is 0. The van der Waals surface area contributed by atoms with Crippen molar-refractivity contribution in [3.63, 3.8) is 0 Å². The van der Waals surface area contributed by atoms with Gasteiger partial charge in [-0.3, -0.25) is 0 Å². The molecular weight excluding hydrogens is 182 g/mol. The van der Waals surface area contributed by atoms with E-state index in [-0.39, 0.29) is 0 Å². The second-order valence-electron chi connectivity index (χ2n) is 5.37. The van der Waals surface area contributed by atoms with Crippen LogP contribution in [0.1, 0.15) is 71.6 Å². The highest BCUT2D eigenvalue weighted by Gasteiger charge is 2.34. The van der Waals surface area contributed by atoms with Gasteiger partial charge in [0.1, 0.15) is 0 Å². The molecule has 1 rings (SSSR count). The van der Waals surface area contributed by atoms with Gasteiger partial charge < -0.3 is 5.32 Å². The fraction of sp³-hybridized carbons (Fsp3) is 1.00. The third-order valence-electron chi connectivity index (χ3n) is 3.84. The Morgan fingerprint density at radius 3 is 2.00 bits per heavy atom. The van der Waals surface area contributed by atoms with Crippen LogP contribution in [0.5, 0.6) is 0 Å². The van der Waals surface area contributed by atoms with Crippen molar-refractivity contribution in [2.75, 3.05) is 13.1 Å². The van der Waals surface area contributed by atoms with Gasteiger partial charge in [-0.05, 0) is 18.3 Å². The normalized spacial score (nSPS) is 18.8. The molecule has 0 bridgehead atoms. The second-order valence-corrected chi connectivity index (χ2v) is 5.37. The first-order valence-corrected chi connectivity index (χ1v) is 7.04. The van der Waals surface area contributed by atoms with Crippen LogP contribution in [-0.2, 0) is 0 Å². The zero-order valence-corrected chi connectivity index (χ0v) is 10.8. The van der Waals surface area contributed by atoms with Crippen LogP contribution in [0.3, 0.4) is 0 Å². The first-order chi connectivity index (χ1) is 7.33. The third-order valence-corrected chi connectivity index (χ3v) is 3.84. The van der Waals surface area contributed by atoms with Crippen molar-refractivity contribution >= 4 is 0 Å². The van der Waals surface area contributed by atoms with E-state index in [0.717, 1.165) is 0 Å². The zero-order chi connectivity index (χ0) is 11.0. The molecule has 1 fully saturated rings. The minimum Gasteiger partial charge on any atom is -0.316 e. The topological polar surface area (TPSA) is 12.0 Å². The molecular formula is C14H29N. The molecule has 0 saturated carbocycles. The predicted octanol–water partition coefficient (Wildman–Crippen LogP) is 4.13. The lowest BCUT2D eigenvalue weighted by atomic mass is 9.74. The maximum absolute atomic E-state index is 3.45. The highest BCUT2D eigenvalue weighted by molar-refractivity contribution is 4.91. The molecule has 0 atom stereocenters. The highest BCUT2D eigenvalue weighted by Crippen LogP contribution is 2.34. The van der Waals surface area contributed by atoms with Crippen molar-refractivity contribution < 1.29 is 0 Å². The van der Waals surface area contributed by atoms with Crippen molar-refractivity contribution in [3.8, 4) is 0 Å². The molecule has 0 aliphatic carbocycles. The molecule has 1 N–H and O–H groups in total. The summed E-state index contributed by atoms with van der Waals surface area (Å²) in [6.45, 7) is 7.18. The highest BCUT2D eigenvalue weighted by atomic mass is 15.0. The Bertz CT molecular complexity index is 149. The molecule has 0 unspecified atom stereocenters. The molecule has 1 saturated heterocycles. The van der Waals surface area contributed by atoms with E-state index in [1.165, 1.54) is 70.9 Å². The van der Waals surface area contributed by atoms with Crippen LogP contribution in [0.4, 0.5) is 0 Å². The number of hydrogen-bond donors (Lipinski definition) is 1. The summed E-state index contributed by atoms with van der Waals surface area (Å²) in [5, 5.41) is 3.45. The van der Waals surface area contributed by atoms with E-state index in [4.69, 9.17) is 0 Å². The van der Waals surface area contributed by atoms with Crippen LogP contribution in [0.15, 0.2) is 0 Å². The van der Waals surface area contributed by atoms with Gasteiger partial charge in [0.15, 0.2) is 0 Å². The Morgan fingerprint density at radius 2 is 1.47 bits per heavy atom. The fourth-order valence-corrected chi connectivity index (χ4v) is 2.77. The Kier molecular flexibility index (Phi) is 6.31. The Balaban J connectivity index is 1.98. The van der Waals surface area contributed by atoms with E-state index in [1.807, 2.05) is 0 Å². The van der Waals surface area contributed by atoms with Gasteiger partial charge in [-0.1, -0.05) is 58.8 Å². The summed E-state index contributed by atoms with van der Waals surface area (Å²) >= 11 is 0. The number of hydrogen-bond acceptors (Lipinski definition) is 1. The van der Waals surface area contributed by atoms with Crippen LogP contribution < -0.4 is 5.32 Å². The van der Waals surface area contributed by atoms with Gasteiger partial charge in [-0.2, -0.15) is 0 Å². The van der Waals surface area contributed by atoms with Gasteiger partial charge in [-0.25, -0.2) is 0 Å². The van der Waals surface area contributed by atoms with Crippen molar-refractivity contribution in [1.82, 2.24) is 5.32 Å². The molecule has 15 heavy (non-hydrogen) atoms. The minimum absolute atomic E-state index is 0.708. The van der Waals surface area contributed by atoms with Crippen molar-refractivity contribution in [1.29, 1.82) is 0 Å². The summed E-state index contributed by atoms with van der Waals surface area (Å²) in [7, 11) is 0. The first-order valence-electron chi connectivity index (χ1n) is 7.04. The summed E-state index contributed by atoms with van der Waals surface area (Å²) in [6.07, 6.45) is 12.9. The molecule has 1 aliphatic heterocycles. The number of nitrogens with one attached hydrogen (secondary N) is 1. The Labute approximate surface area is 96.0 Å². The largest absolute Gasteiger partial charge is 0.316 e. The van der Waals surface area contributed by atoms with Crippen molar-refractivity contribution in [3.05, 3.63) is 0 Å². The minimum atomic E-state index is 0.708. The predicted molar refractivity (Wildman–Crippen MR) is 68.2 cm³/mol. The second kappa shape index (κ2) is 7.27. The van der Waals surface area contributed by atoms with Crippen LogP contribution in [-0.4, -0.2) is 13.1 Å². The number of unbranched alkanes of at least 4 members (excludes halogenated alkanes) is 5. The summed E-state index contributed by atoms with van der Waals surface area (Å²) in [5.74, 6) is 0. The zero-order valence-electron chi connectivity index (χ0n) is 10.8. The van der Waals surface area contributed by atoms with E-state index >= 15 is 0 Å². The van der Waals surface area contributed by atoms with Crippen molar-refractivity contribution in [2.45, 2.75) is 71.6 Å². The van der Waals surface area contributed by atoms with E-state index < -0.39 is 0 Å². The van der Waals surface area contributed by atoms with Crippen LogP contribution in [0.2, 0.25) is 0 Å². The van der Waals surface area contributed by atoms with Gasteiger partial charge in [0.05, 0.1) is 0 Å². The quantitative estimate of drug-likeness (QED) is 0.566. The molecule has 0 amide bonds. The smallest absolute Gasteiger partial charge is 0.00202 e. The van der Waals surface area contributed by atoms with E-state index in [0.29, 0.717) is 5.41 Å². The summed E-state index contributed by atoms with van der Waals surface area (Å²) in [5.41, 5.74) is 0.708. The van der Waals surface area contributed by atoms with Gasteiger partial charge >= 0.3 is 0 Å². The molecule has 0 aromatic rings. The van der Waals surface area contributed by atoms with Crippen LogP contribution in [0.25, 0.3) is 0 Å². The van der Waals surface area contributed by atoms with Gasteiger partial charge in [0.2, 0.25) is 0 Å². The lowest BCUT2D eigenvalue weighted by Gasteiger charge is -2.43. The lowest BCUT2D eigenvalue weighted by molar-refractivity contribution is 0.132. The van der Waals surface area contributed by atoms with E-state index in [9.17, 15) is 0 Å². The summed E-state index contributed by atoms with van der Waals surface area (Å²) < 4.78 is 0. The molecule has 90 valence electrons. The fourth-order valence-electron chi connectivity index (χ4n) is 2.77. The standard InChI is InChI=1S/C14H29N/c1-3-5-6-7-8-9-11-14(10-4-2)12-15-13-14/h15H,3-13H2,1-2H3. The molecule has 0 aromatic heterocycles. The maximum Gasteiger partial charge on any atom is 0.00202 e. The molecule has 0 spiro atoms. The lowest BCUT2D eigenvalue weighted by Crippen LogP contribution is -2.53. The van der Waals surface area contributed by atoms with Gasteiger partial charge in [0, 0.05) is 13.1 Å². The van der Waals surface area contributed by atoms with E-state index in [2.05, 4.69) is 19.2 Å². The third kappa shape index (κ3) is 4.55. The monoisotopic (exact) mass is 211 g/mol. The van der Waals surface area contributed by atoms with Gasteiger partial charge in [0.25, 0.3) is 0 Å². The van der Waals surface area contributed by atoms with E-state index in [1.54, 1.807) is 0 Å². The molecule has 1 heteroatoms. The Morgan fingerprint density at radius 1 is 0.800 bits per heavy atom. The molecule has 0 radical (unpaired) electrons. The summed E-state index contributed by atoms with van der Waals surface area (Å²) in [4.78, 5) is 0.